The Morgan fingerprint density at radius 2 is 2.10 bits per heavy atom. The minimum Gasteiger partial charge on any atom is -0.342 e. The zero-order valence-electron chi connectivity index (χ0n) is 16.4. The Labute approximate surface area is 168 Å². The fraction of sp³-hybridized carbons (Fsp3) is 0.500. The van der Waals surface area contributed by atoms with Crippen molar-refractivity contribution in [1.82, 2.24) is 34.3 Å². The van der Waals surface area contributed by atoms with Crippen LogP contribution in [0.2, 0.25) is 0 Å². The largest absolute Gasteiger partial charge is 0.342 e. The van der Waals surface area contributed by atoms with Crippen molar-refractivity contribution in [2.24, 2.45) is 0 Å². The summed E-state index contributed by atoms with van der Waals surface area (Å²) in [6.07, 6.45) is 7.49. The fourth-order valence-corrected chi connectivity index (χ4v) is 4.74. The summed E-state index contributed by atoms with van der Waals surface area (Å²) in [5, 5.41) is 8.40. The number of aryl methyl sites for hydroxylation is 2. The molecule has 0 radical (unpaired) electrons. The second kappa shape index (κ2) is 7.54. The van der Waals surface area contributed by atoms with E-state index in [0.717, 1.165) is 24.8 Å². The molecule has 3 aromatic rings. The summed E-state index contributed by atoms with van der Waals surface area (Å²) >= 11 is 0. The molecule has 0 saturated carbocycles. The van der Waals surface area contributed by atoms with Crippen LogP contribution >= 0.6 is 0 Å². The fourth-order valence-electron chi connectivity index (χ4n) is 3.86. The Bertz CT molecular complexity index is 1150. The van der Waals surface area contributed by atoms with E-state index in [9.17, 15) is 13.2 Å². The Kier molecular flexibility index (Phi) is 5.07. The van der Waals surface area contributed by atoms with Gasteiger partial charge >= 0.3 is 0 Å². The lowest BCUT2D eigenvalue weighted by Crippen LogP contribution is -2.40. The molecule has 0 aliphatic carbocycles. The standard InChI is InChI=1S/C18H23N7O3S/c1-13-5-7-21-24(13)9-6-16(26)23-8-3-4-14(11-23)17-15(29(2,27)28)10-19-18-20-12-22-25(17)18/h5,7,10,12,14H,3-4,6,8-9,11H2,1-2H3. The van der Waals surface area contributed by atoms with Gasteiger partial charge < -0.3 is 4.90 Å². The van der Waals surface area contributed by atoms with Gasteiger partial charge in [0, 0.05) is 50.1 Å². The zero-order chi connectivity index (χ0) is 20.6. The topological polar surface area (TPSA) is 115 Å². The summed E-state index contributed by atoms with van der Waals surface area (Å²) in [5.74, 6) is 0.232. The van der Waals surface area contributed by atoms with Gasteiger partial charge in [0.1, 0.15) is 11.2 Å². The first kappa shape index (κ1) is 19.5. The smallest absolute Gasteiger partial charge is 0.252 e. The molecule has 0 aromatic carbocycles. The number of carbonyl (C=O) groups excluding carboxylic acids is 1. The van der Waals surface area contributed by atoms with Crippen molar-refractivity contribution in [3.8, 4) is 0 Å². The van der Waals surface area contributed by atoms with E-state index in [1.807, 2.05) is 22.6 Å². The van der Waals surface area contributed by atoms with Gasteiger partial charge in [0.05, 0.1) is 11.9 Å². The summed E-state index contributed by atoms with van der Waals surface area (Å²) in [4.78, 5) is 22.9. The molecule has 29 heavy (non-hydrogen) atoms. The molecule has 4 heterocycles. The van der Waals surface area contributed by atoms with Crippen molar-refractivity contribution < 1.29 is 13.2 Å². The first-order valence-corrected chi connectivity index (χ1v) is 11.4. The molecular weight excluding hydrogens is 394 g/mol. The van der Waals surface area contributed by atoms with Gasteiger partial charge in [-0.2, -0.15) is 19.7 Å². The van der Waals surface area contributed by atoms with Crippen LogP contribution in [0.1, 0.15) is 36.6 Å². The van der Waals surface area contributed by atoms with E-state index in [4.69, 9.17) is 0 Å². The zero-order valence-corrected chi connectivity index (χ0v) is 17.2. The minimum absolute atomic E-state index is 0.0365. The van der Waals surface area contributed by atoms with Crippen molar-refractivity contribution in [2.45, 2.75) is 43.5 Å². The van der Waals surface area contributed by atoms with Gasteiger partial charge in [0.25, 0.3) is 5.78 Å². The summed E-state index contributed by atoms with van der Waals surface area (Å²) in [6, 6.07) is 1.90. The number of fused-ring (bicyclic) bond motifs is 1. The number of hydrogen-bond acceptors (Lipinski definition) is 7. The molecular formula is C18H23N7O3S. The summed E-state index contributed by atoms with van der Waals surface area (Å²) in [5.41, 5.74) is 1.56. The van der Waals surface area contributed by atoms with Gasteiger partial charge in [0.15, 0.2) is 9.84 Å². The van der Waals surface area contributed by atoms with Gasteiger partial charge in [-0.1, -0.05) is 0 Å². The number of piperidine rings is 1. The van der Waals surface area contributed by atoms with Gasteiger partial charge in [-0.3, -0.25) is 9.48 Å². The van der Waals surface area contributed by atoms with Crippen LogP contribution in [0.15, 0.2) is 29.7 Å². The third kappa shape index (κ3) is 3.86. The Hall–Kier alpha value is -2.82. The summed E-state index contributed by atoms with van der Waals surface area (Å²) in [6.45, 7) is 3.58. The molecule has 10 nitrogen and oxygen atoms in total. The van der Waals surface area contributed by atoms with Gasteiger partial charge in [-0.05, 0) is 25.8 Å². The normalized spacial score (nSPS) is 17.7. The highest BCUT2D eigenvalue weighted by Gasteiger charge is 2.31. The maximum Gasteiger partial charge on any atom is 0.252 e. The van der Waals surface area contributed by atoms with Crippen molar-refractivity contribution >= 4 is 21.5 Å². The SMILES string of the molecule is Cc1ccnn1CCC(=O)N1CCCC(c2c(S(C)(=O)=O)cnc3ncnn23)C1. The van der Waals surface area contributed by atoms with Crippen LogP contribution < -0.4 is 0 Å². The van der Waals surface area contributed by atoms with E-state index < -0.39 is 9.84 Å². The number of likely N-dealkylation sites (tertiary alicyclic amines) is 1. The maximum absolute atomic E-state index is 12.8. The summed E-state index contributed by atoms with van der Waals surface area (Å²) < 4.78 is 28.0. The maximum atomic E-state index is 12.8. The number of amides is 1. The third-order valence-electron chi connectivity index (χ3n) is 5.33. The number of nitrogens with zero attached hydrogens (tertiary/aromatic N) is 7. The lowest BCUT2D eigenvalue weighted by atomic mass is 9.94. The first-order valence-electron chi connectivity index (χ1n) is 9.49. The van der Waals surface area contributed by atoms with Crippen molar-refractivity contribution in [3.63, 3.8) is 0 Å². The quantitative estimate of drug-likeness (QED) is 0.604. The summed E-state index contributed by atoms with van der Waals surface area (Å²) in [7, 11) is -3.50. The van der Waals surface area contributed by atoms with Gasteiger partial charge in [-0.15, -0.1) is 0 Å². The number of hydrogen-bond donors (Lipinski definition) is 0. The average Bonchev–Trinajstić information content (AvgIpc) is 3.33. The number of carbonyl (C=O) groups is 1. The number of aromatic nitrogens is 6. The highest BCUT2D eigenvalue weighted by atomic mass is 32.2. The Morgan fingerprint density at radius 1 is 1.28 bits per heavy atom. The van der Waals surface area contributed by atoms with Crippen molar-refractivity contribution in [3.05, 3.63) is 36.2 Å². The number of rotatable bonds is 5. The van der Waals surface area contributed by atoms with E-state index in [2.05, 4.69) is 20.2 Å². The molecule has 0 bridgehead atoms. The molecule has 1 aliphatic rings. The Balaban J connectivity index is 1.58. The molecule has 0 N–H and O–H groups in total. The second-order valence-electron chi connectivity index (χ2n) is 7.38. The molecule has 1 fully saturated rings. The molecule has 11 heteroatoms. The first-order chi connectivity index (χ1) is 13.8. The van der Waals surface area contributed by atoms with E-state index in [-0.39, 0.29) is 16.7 Å². The predicted molar refractivity (Wildman–Crippen MR) is 104 cm³/mol. The second-order valence-corrected chi connectivity index (χ2v) is 9.36. The van der Waals surface area contributed by atoms with Crippen LogP contribution in [0.4, 0.5) is 0 Å². The average molecular weight is 417 g/mol. The molecule has 1 saturated heterocycles. The highest BCUT2D eigenvalue weighted by molar-refractivity contribution is 7.90. The molecule has 3 aromatic heterocycles. The molecule has 0 spiro atoms. The monoisotopic (exact) mass is 417 g/mol. The van der Waals surface area contributed by atoms with E-state index in [0.29, 0.717) is 37.5 Å². The van der Waals surface area contributed by atoms with Crippen LogP contribution in [0, 0.1) is 6.92 Å². The lowest BCUT2D eigenvalue weighted by Gasteiger charge is -2.33. The van der Waals surface area contributed by atoms with E-state index in [1.165, 1.54) is 17.0 Å². The molecule has 1 atom stereocenters. The molecule has 154 valence electrons. The van der Waals surface area contributed by atoms with Crippen LogP contribution in [0.25, 0.3) is 5.78 Å². The van der Waals surface area contributed by atoms with Crippen molar-refractivity contribution in [1.29, 1.82) is 0 Å². The van der Waals surface area contributed by atoms with E-state index in [1.54, 1.807) is 6.20 Å². The van der Waals surface area contributed by atoms with Crippen molar-refractivity contribution in [2.75, 3.05) is 19.3 Å². The number of sulfone groups is 1. The van der Waals surface area contributed by atoms with Gasteiger partial charge in [0.2, 0.25) is 5.91 Å². The molecule has 1 aliphatic heterocycles. The molecule has 1 unspecified atom stereocenters. The molecule has 4 rings (SSSR count). The minimum atomic E-state index is -3.50. The van der Waals surface area contributed by atoms with Gasteiger partial charge in [-0.25, -0.2) is 13.4 Å². The van der Waals surface area contributed by atoms with Crippen LogP contribution in [0.5, 0.6) is 0 Å². The Morgan fingerprint density at radius 3 is 2.83 bits per heavy atom. The van der Waals surface area contributed by atoms with Crippen LogP contribution in [-0.4, -0.2) is 67.9 Å². The predicted octanol–water partition coefficient (Wildman–Crippen LogP) is 0.829. The van der Waals surface area contributed by atoms with Crippen LogP contribution in [-0.2, 0) is 21.2 Å². The highest BCUT2D eigenvalue weighted by Crippen LogP contribution is 2.31. The lowest BCUT2D eigenvalue weighted by molar-refractivity contribution is -0.132. The van der Waals surface area contributed by atoms with Crippen LogP contribution in [0.3, 0.4) is 0 Å². The third-order valence-corrected chi connectivity index (χ3v) is 6.45. The molecule has 1 amide bonds. The van der Waals surface area contributed by atoms with E-state index >= 15 is 0 Å².